The zero-order valence-corrected chi connectivity index (χ0v) is 19.4. The zero-order valence-electron chi connectivity index (χ0n) is 19.4. The van der Waals surface area contributed by atoms with E-state index in [-0.39, 0.29) is 29.0 Å². The lowest BCUT2D eigenvalue weighted by molar-refractivity contribution is -0.402. The first-order chi connectivity index (χ1) is 17.4. The summed E-state index contributed by atoms with van der Waals surface area (Å²) in [6.07, 6.45) is 3.05. The summed E-state index contributed by atoms with van der Waals surface area (Å²) in [6, 6.07) is 12.4. The van der Waals surface area contributed by atoms with Crippen LogP contribution in [0.3, 0.4) is 0 Å². The van der Waals surface area contributed by atoms with Crippen LogP contribution in [-0.2, 0) is 0 Å². The highest BCUT2D eigenvalue weighted by Gasteiger charge is 2.20. The van der Waals surface area contributed by atoms with Crippen LogP contribution in [0.25, 0.3) is 23.1 Å². The number of rotatable bonds is 6. The average Bonchev–Trinajstić information content (AvgIpc) is 3.34. The van der Waals surface area contributed by atoms with Crippen molar-refractivity contribution in [3.05, 3.63) is 76.0 Å². The number of benzene rings is 2. The van der Waals surface area contributed by atoms with Gasteiger partial charge in [-0.3, -0.25) is 10.1 Å². The van der Waals surface area contributed by atoms with Crippen molar-refractivity contribution in [2.75, 3.05) is 43.4 Å². The summed E-state index contributed by atoms with van der Waals surface area (Å²) in [5.41, 5.74) is 1.56. The molecule has 1 aliphatic rings. The monoisotopic (exact) mass is 490 g/mol. The molecule has 11 heteroatoms. The molecule has 0 radical (unpaired) electrons. The van der Waals surface area contributed by atoms with Gasteiger partial charge in [0.05, 0.1) is 17.3 Å². The van der Waals surface area contributed by atoms with Crippen molar-refractivity contribution in [1.29, 1.82) is 0 Å². The predicted molar refractivity (Wildman–Crippen MR) is 135 cm³/mol. The lowest BCUT2D eigenvalue weighted by atomic mass is 10.1. The quantitative estimate of drug-likeness (QED) is 0.226. The minimum atomic E-state index is -0.621. The number of phenols is 1. The van der Waals surface area contributed by atoms with Gasteiger partial charge >= 0.3 is 5.88 Å². The summed E-state index contributed by atoms with van der Waals surface area (Å²) in [4.78, 5) is 23.5. The Labute approximate surface area is 205 Å². The second-order valence-electron chi connectivity index (χ2n) is 8.48. The number of aromatic nitrogens is 2. The third-order valence-electron chi connectivity index (χ3n) is 5.94. The highest BCUT2D eigenvalue weighted by atomic mass is 19.1. The molecule has 3 heterocycles. The van der Waals surface area contributed by atoms with Crippen LogP contribution in [0.15, 0.2) is 52.9 Å². The summed E-state index contributed by atoms with van der Waals surface area (Å²) in [6.45, 7) is 3.08. The van der Waals surface area contributed by atoms with Crippen LogP contribution in [0.1, 0.15) is 11.6 Å². The Bertz CT molecular complexity index is 1450. The van der Waals surface area contributed by atoms with Gasteiger partial charge in [0.2, 0.25) is 0 Å². The molecule has 5 rings (SSSR count). The fourth-order valence-corrected chi connectivity index (χ4v) is 3.98. The molecule has 2 aromatic carbocycles. The molecule has 1 fully saturated rings. The van der Waals surface area contributed by atoms with E-state index in [1.165, 1.54) is 30.4 Å². The molecule has 4 aromatic rings. The highest BCUT2D eigenvalue weighted by molar-refractivity contribution is 5.94. The molecule has 0 unspecified atom stereocenters. The Morgan fingerprint density at radius 3 is 2.53 bits per heavy atom. The minimum absolute atomic E-state index is 0.128. The fraction of sp³-hybridized carbons (Fsp3) is 0.200. The molecule has 0 spiro atoms. The van der Waals surface area contributed by atoms with E-state index in [2.05, 4.69) is 20.2 Å². The van der Waals surface area contributed by atoms with E-state index in [1.807, 2.05) is 11.9 Å². The third kappa shape index (κ3) is 4.96. The molecule has 0 amide bonds. The van der Waals surface area contributed by atoms with Crippen LogP contribution < -0.4 is 10.2 Å². The molecule has 184 valence electrons. The molecule has 10 nitrogen and oxygen atoms in total. The van der Waals surface area contributed by atoms with E-state index < -0.39 is 4.92 Å². The van der Waals surface area contributed by atoms with Gasteiger partial charge in [-0.2, -0.15) is 0 Å². The van der Waals surface area contributed by atoms with E-state index in [4.69, 9.17) is 4.42 Å². The van der Waals surface area contributed by atoms with E-state index in [9.17, 15) is 15.2 Å². The number of nitrogens with zero attached hydrogens (tertiary/aromatic N) is 5. The normalized spacial score (nSPS) is 14.6. The van der Waals surface area contributed by atoms with Gasteiger partial charge in [0.15, 0.2) is 5.82 Å². The van der Waals surface area contributed by atoms with Crippen molar-refractivity contribution in [3.8, 4) is 5.75 Å². The van der Waals surface area contributed by atoms with E-state index >= 15 is 4.39 Å². The van der Waals surface area contributed by atoms with Crippen molar-refractivity contribution in [1.82, 2.24) is 14.9 Å². The lowest BCUT2D eigenvalue weighted by Gasteiger charge is -2.34. The van der Waals surface area contributed by atoms with Crippen molar-refractivity contribution >= 4 is 46.1 Å². The maximum atomic E-state index is 15.2. The number of hydrogen-bond donors (Lipinski definition) is 2. The number of phenolic OH excluding ortho intramolecular Hbond substituents is 1. The van der Waals surface area contributed by atoms with Gasteiger partial charge in [-0.05, 0) is 55.6 Å². The smallest absolute Gasteiger partial charge is 0.433 e. The summed E-state index contributed by atoms with van der Waals surface area (Å²) in [5, 5.41) is 24.3. The number of halogens is 1. The van der Waals surface area contributed by atoms with Crippen LogP contribution in [0, 0.1) is 15.9 Å². The van der Waals surface area contributed by atoms with Crippen molar-refractivity contribution in [2.45, 2.75) is 0 Å². The summed E-state index contributed by atoms with van der Waals surface area (Å²) >= 11 is 0. The van der Waals surface area contributed by atoms with E-state index in [0.29, 0.717) is 41.2 Å². The van der Waals surface area contributed by atoms with Gasteiger partial charge in [-0.1, -0.05) is 0 Å². The van der Waals surface area contributed by atoms with Crippen molar-refractivity contribution < 1.29 is 18.8 Å². The topological polar surface area (TPSA) is 121 Å². The molecular weight excluding hydrogens is 467 g/mol. The first kappa shape index (κ1) is 23.2. The molecule has 0 bridgehead atoms. The first-order valence-electron chi connectivity index (χ1n) is 11.3. The molecule has 1 saturated heterocycles. The Morgan fingerprint density at radius 1 is 1.08 bits per heavy atom. The molecule has 2 N–H and O–H groups in total. The number of nitrogens with one attached hydrogen (secondary N) is 1. The number of aromatic hydroxyl groups is 1. The van der Waals surface area contributed by atoms with Gasteiger partial charge in [0.1, 0.15) is 28.1 Å². The van der Waals surface area contributed by atoms with Gasteiger partial charge in [-0.25, -0.2) is 14.4 Å². The van der Waals surface area contributed by atoms with Crippen LogP contribution in [0.2, 0.25) is 0 Å². The van der Waals surface area contributed by atoms with E-state index in [1.54, 1.807) is 30.3 Å². The number of hydrogen-bond acceptors (Lipinski definition) is 9. The fourth-order valence-electron chi connectivity index (χ4n) is 3.98. The number of furan rings is 1. The Hall–Kier alpha value is -4.51. The van der Waals surface area contributed by atoms with Crippen molar-refractivity contribution in [2.24, 2.45) is 0 Å². The van der Waals surface area contributed by atoms with Gasteiger partial charge in [-0.15, -0.1) is 0 Å². The Balaban J connectivity index is 1.55. The number of anilines is 3. The standard InChI is InChI=1S/C25H23FN6O4/c1-30-10-12-31(13-11-30)22-14-19-21(15-20(22)26)28-23(8-6-18-7-9-24(36-18)32(34)35)29-25(19)27-16-2-4-17(33)5-3-16/h2-9,14-15,33H,10-13H2,1H3,(H,27,28,29). The first-order valence-corrected chi connectivity index (χ1v) is 11.3. The van der Waals surface area contributed by atoms with Crippen molar-refractivity contribution in [3.63, 3.8) is 0 Å². The predicted octanol–water partition coefficient (Wildman–Crippen LogP) is 4.64. The van der Waals surface area contributed by atoms with Gasteiger partial charge in [0, 0.05) is 43.3 Å². The molecule has 36 heavy (non-hydrogen) atoms. The SMILES string of the molecule is CN1CCN(c2cc3c(Nc4ccc(O)cc4)nc(C=Cc4ccc([N+](=O)[O-])o4)nc3cc2F)CC1. The molecular formula is C25H23FN6O4. The van der Waals surface area contributed by atoms with Crippen LogP contribution in [0.4, 0.5) is 27.5 Å². The Morgan fingerprint density at radius 2 is 1.83 bits per heavy atom. The number of likely N-dealkylation sites (N-methyl/N-ethyl adjacent to an activating group) is 1. The molecule has 2 aromatic heterocycles. The minimum Gasteiger partial charge on any atom is -0.508 e. The second-order valence-corrected chi connectivity index (χ2v) is 8.48. The largest absolute Gasteiger partial charge is 0.508 e. The van der Waals surface area contributed by atoms with E-state index in [0.717, 1.165) is 13.1 Å². The maximum absolute atomic E-state index is 15.2. The summed E-state index contributed by atoms with van der Waals surface area (Å²) in [7, 11) is 2.04. The highest BCUT2D eigenvalue weighted by Crippen LogP contribution is 2.32. The summed E-state index contributed by atoms with van der Waals surface area (Å²) < 4.78 is 20.4. The molecule has 0 aliphatic carbocycles. The maximum Gasteiger partial charge on any atom is 0.433 e. The van der Waals surface area contributed by atoms with Crippen LogP contribution in [-0.4, -0.2) is 58.1 Å². The number of nitro groups is 1. The van der Waals surface area contributed by atoms with Crippen LogP contribution in [0.5, 0.6) is 5.75 Å². The Kier molecular flexibility index (Phi) is 6.21. The lowest BCUT2D eigenvalue weighted by Crippen LogP contribution is -2.44. The number of piperazine rings is 1. The number of fused-ring (bicyclic) bond motifs is 1. The summed E-state index contributed by atoms with van der Waals surface area (Å²) in [5.74, 6) is 0.347. The van der Waals surface area contributed by atoms with Gasteiger partial charge < -0.3 is 24.6 Å². The molecule has 0 saturated carbocycles. The third-order valence-corrected chi connectivity index (χ3v) is 5.94. The molecule has 0 atom stereocenters. The molecule has 1 aliphatic heterocycles. The zero-order chi connectivity index (χ0) is 25.2. The van der Waals surface area contributed by atoms with Crippen LogP contribution >= 0.6 is 0 Å². The second kappa shape index (κ2) is 9.62. The average molecular weight is 490 g/mol. The van der Waals surface area contributed by atoms with Gasteiger partial charge in [0.25, 0.3) is 0 Å².